The number of fused-ring (bicyclic) bond motifs is 1. The highest BCUT2D eigenvalue weighted by Crippen LogP contribution is 2.31. The highest BCUT2D eigenvalue weighted by Gasteiger charge is 2.27. The van der Waals surface area contributed by atoms with Gasteiger partial charge in [0.1, 0.15) is 16.7 Å². The van der Waals surface area contributed by atoms with Crippen LogP contribution in [0.25, 0.3) is 32.7 Å². The Kier molecular flexibility index (Phi) is 6.83. The summed E-state index contributed by atoms with van der Waals surface area (Å²) in [6, 6.07) is 25.5. The van der Waals surface area contributed by atoms with Crippen LogP contribution < -0.4 is 11.1 Å². The number of primary amides is 1. The van der Waals surface area contributed by atoms with Crippen LogP contribution in [-0.2, 0) is 16.0 Å². The van der Waals surface area contributed by atoms with Crippen LogP contribution in [0.2, 0.25) is 0 Å². The van der Waals surface area contributed by atoms with E-state index in [9.17, 15) is 14.4 Å². The Labute approximate surface area is 217 Å². The number of nitrogens with two attached hydrogens (primary N) is 1. The molecule has 3 N–H and O–H groups in total. The molecule has 2 aromatic heterocycles. The Hall–Kier alpha value is -4.69. The zero-order valence-corrected chi connectivity index (χ0v) is 20.4. The number of pyridine rings is 1. The van der Waals surface area contributed by atoms with E-state index in [-0.39, 0.29) is 12.0 Å². The van der Waals surface area contributed by atoms with Crippen molar-refractivity contribution in [3.8, 4) is 22.0 Å². The number of Topliss-reactive ketones (excluding diaryl/α,β-unsaturated/α-hetero) is 1. The van der Waals surface area contributed by atoms with Crippen LogP contribution in [-0.4, -0.2) is 33.6 Å². The molecule has 0 aliphatic heterocycles. The molecule has 5 rings (SSSR count). The number of nitrogens with zero attached hydrogens (tertiary/aromatic N) is 2. The summed E-state index contributed by atoms with van der Waals surface area (Å²) >= 11 is 1.37. The molecule has 2 amide bonds. The fourth-order valence-corrected chi connectivity index (χ4v) is 4.93. The van der Waals surface area contributed by atoms with Gasteiger partial charge in [-0.15, -0.1) is 11.3 Å². The Bertz CT molecular complexity index is 1610. The van der Waals surface area contributed by atoms with Gasteiger partial charge in [0.15, 0.2) is 0 Å². The minimum atomic E-state index is -1.11. The number of carbonyl (C=O) groups excluding carboxylic acids is 3. The molecule has 0 aliphatic carbocycles. The molecule has 1 atom stereocenters. The summed E-state index contributed by atoms with van der Waals surface area (Å²) in [4.78, 5) is 46.6. The second-order valence-corrected chi connectivity index (χ2v) is 9.30. The molecule has 0 spiro atoms. The largest absolute Gasteiger partial charge is 0.363 e. The molecule has 3 aromatic carbocycles. The van der Waals surface area contributed by atoms with Gasteiger partial charge in [0.05, 0.1) is 11.3 Å². The zero-order valence-electron chi connectivity index (χ0n) is 19.6. The molecule has 8 heteroatoms. The van der Waals surface area contributed by atoms with Crippen molar-refractivity contribution >= 4 is 39.7 Å². The quantitative estimate of drug-likeness (QED) is 0.302. The summed E-state index contributed by atoms with van der Waals surface area (Å²) < 4.78 is 0. The summed E-state index contributed by atoms with van der Waals surface area (Å²) in [5, 5.41) is 7.41. The zero-order chi connectivity index (χ0) is 25.8. The third-order valence-corrected chi connectivity index (χ3v) is 6.80. The summed E-state index contributed by atoms with van der Waals surface area (Å²) in [6.45, 7) is 0. The van der Waals surface area contributed by atoms with E-state index >= 15 is 0 Å². The Morgan fingerprint density at radius 1 is 0.892 bits per heavy atom. The molecule has 0 bridgehead atoms. The second kappa shape index (κ2) is 10.5. The number of hydrogen-bond acceptors (Lipinski definition) is 6. The predicted molar refractivity (Wildman–Crippen MR) is 144 cm³/mol. The molecule has 0 saturated heterocycles. The van der Waals surface area contributed by atoms with Crippen molar-refractivity contribution in [3.05, 3.63) is 108 Å². The third-order valence-electron chi connectivity index (χ3n) is 5.95. The van der Waals surface area contributed by atoms with Crippen molar-refractivity contribution in [3.63, 3.8) is 0 Å². The molecule has 0 saturated carbocycles. The van der Waals surface area contributed by atoms with Crippen LogP contribution in [0.1, 0.15) is 15.9 Å². The average molecular weight is 507 g/mol. The highest BCUT2D eigenvalue weighted by molar-refractivity contribution is 7.13. The minimum absolute atomic E-state index is 0.132. The highest BCUT2D eigenvalue weighted by atomic mass is 32.1. The second-order valence-electron chi connectivity index (χ2n) is 8.44. The van der Waals surface area contributed by atoms with Gasteiger partial charge >= 0.3 is 0 Å². The van der Waals surface area contributed by atoms with Gasteiger partial charge < -0.3 is 11.1 Å². The molecular formula is C29H22N4O3S. The normalized spacial score (nSPS) is 11.7. The number of carbonyl (C=O) groups is 3. The Morgan fingerprint density at radius 3 is 2.43 bits per heavy atom. The van der Waals surface area contributed by atoms with Crippen LogP contribution >= 0.6 is 11.3 Å². The molecule has 37 heavy (non-hydrogen) atoms. The lowest BCUT2D eigenvalue weighted by atomic mass is 10.0. The summed E-state index contributed by atoms with van der Waals surface area (Å²) in [7, 11) is 0. The van der Waals surface area contributed by atoms with E-state index in [0.29, 0.717) is 10.7 Å². The number of amides is 2. The maximum absolute atomic E-state index is 13.3. The predicted octanol–water partition coefficient (Wildman–Crippen LogP) is 4.42. The molecule has 7 nitrogen and oxygen atoms in total. The third kappa shape index (κ3) is 5.29. The number of thiazole rings is 1. The Morgan fingerprint density at radius 2 is 1.65 bits per heavy atom. The Balaban J connectivity index is 1.43. The van der Waals surface area contributed by atoms with Gasteiger partial charge in [0.2, 0.25) is 5.78 Å². The van der Waals surface area contributed by atoms with E-state index in [1.807, 2.05) is 66.0 Å². The van der Waals surface area contributed by atoms with Gasteiger partial charge in [-0.25, -0.2) is 4.98 Å². The van der Waals surface area contributed by atoms with Crippen LogP contribution in [0.5, 0.6) is 0 Å². The van der Waals surface area contributed by atoms with Gasteiger partial charge in [-0.2, -0.15) is 0 Å². The van der Waals surface area contributed by atoms with Crippen LogP contribution in [0.15, 0.2) is 96.5 Å². The fraction of sp³-hybridized carbons (Fsp3) is 0.0690. The number of nitrogens with one attached hydrogen (secondary N) is 1. The minimum Gasteiger partial charge on any atom is -0.363 e. The van der Waals surface area contributed by atoms with E-state index in [2.05, 4.69) is 22.4 Å². The fourth-order valence-electron chi connectivity index (χ4n) is 4.09. The summed E-state index contributed by atoms with van der Waals surface area (Å²) in [6.07, 6.45) is 1.71. The maximum Gasteiger partial charge on any atom is 0.287 e. The van der Waals surface area contributed by atoms with Gasteiger partial charge in [-0.3, -0.25) is 19.4 Å². The first-order valence-corrected chi connectivity index (χ1v) is 12.5. The van der Waals surface area contributed by atoms with Crippen molar-refractivity contribution in [1.82, 2.24) is 15.3 Å². The lowest BCUT2D eigenvalue weighted by molar-refractivity contribution is -0.137. The van der Waals surface area contributed by atoms with Gasteiger partial charge in [0.25, 0.3) is 11.8 Å². The van der Waals surface area contributed by atoms with Gasteiger partial charge in [-0.1, -0.05) is 66.7 Å². The van der Waals surface area contributed by atoms with Crippen molar-refractivity contribution in [2.45, 2.75) is 12.5 Å². The van der Waals surface area contributed by atoms with Crippen molar-refractivity contribution in [2.75, 3.05) is 0 Å². The monoisotopic (exact) mass is 506 g/mol. The molecule has 2 heterocycles. The van der Waals surface area contributed by atoms with Crippen molar-refractivity contribution < 1.29 is 14.4 Å². The van der Waals surface area contributed by atoms with Crippen LogP contribution in [0.3, 0.4) is 0 Å². The first-order valence-electron chi connectivity index (χ1n) is 11.6. The van der Waals surface area contributed by atoms with Crippen molar-refractivity contribution in [2.24, 2.45) is 5.73 Å². The molecule has 5 aromatic rings. The number of ketones is 1. The topological polar surface area (TPSA) is 115 Å². The number of aromatic nitrogens is 2. The van der Waals surface area contributed by atoms with Gasteiger partial charge in [-0.05, 0) is 34.5 Å². The SMILES string of the molecule is NC(=O)C(=O)C(Cc1ccccc1)NC(=O)c1cccnc1-c1nc(-c2ccc3ccccc3c2)cs1. The smallest absolute Gasteiger partial charge is 0.287 e. The van der Waals surface area contributed by atoms with Crippen LogP contribution in [0, 0.1) is 0 Å². The standard InChI is InChI=1S/C29H22N4O3S/c30-27(35)26(34)23(15-18-7-2-1-3-8-18)32-28(36)22-11-6-14-31-25(22)29-33-24(17-37-29)21-13-12-19-9-4-5-10-20(19)16-21/h1-14,16-17,23H,15H2,(H2,30,35)(H,32,36). The molecule has 0 aliphatic rings. The van der Waals surface area contributed by atoms with E-state index in [0.717, 1.165) is 27.6 Å². The maximum atomic E-state index is 13.3. The van der Waals surface area contributed by atoms with Crippen molar-refractivity contribution in [1.29, 1.82) is 0 Å². The molecule has 0 fully saturated rings. The first-order chi connectivity index (χ1) is 18.0. The van der Waals surface area contributed by atoms with E-state index in [1.54, 1.807) is 18.3 Å². The lowest BCUT2D eigenvalue weighted by Gasteiger charge is -2.17. The molecule has 182 valence electrons. The number of hydrogen-bond donors (Lipinski definition) is 2. The van der Waals surface area contributed by atoms with Crippen LogP contribution in [0.4, 0.5) is 0 Å². The molecule has 0 radical (unpaired) electrons. The van der Waals surface area contributed by atoms with Gasteiger partial charge in [0, 0.05) is 23.6 Å². The van der Waals surface area contributed by atoms with E-state index in [4.69, 9.17) is 10.7 Å². The first kappa shape index (κ1) is 24.0. The average Bonchev–Trinajstić information content (AvgIpc) is 3.43. The molecule has 1 unspecified atom stereocenters. The molecular weight excluding hydrogens is 484 g/mol. The van der Waals surface area contributed by atoms with E-state index < -0.39 is 23.6 Å². The lowest BCUT2D eigenvalue weighted by Crippen LogP contribution is -2.47. The number of rotatable bonds is 8. The van der Waals surface area contributed by atoms with E-state index in [1.165, 1.54) is 11.3 Å². The summed E-state index contributed by atoms with van der Waals surface area (Å²) in [5.74, 6) is -2.51. The summed E-state index contributed by atoms with van der Waals surface area (Å²) in [5.41, 5.74) is 8.41. The number of benzene rings is 3.